The zero-order chi connectivity index (χ0) is 18.5. The first-order chi connectivity index (χ1) is 12.6. The van der Waals surface area contributed by atoms with Crippen molar-refractivity contribution in [3.05, 3.63) is 87.5 Å². The number of hydrogen-bond acceptors (Lipinski definition) is 3. The molecule has 3 rings (SSSR count). The number of rotatable bonds is 5. The van der Waals surface area contributed by atoms with E-state index >= 15 is 0 Å². The second kappa shape index (κ2) is 8.03. The largest absolute Gasteiger partial charge is 0.311 e. The second-order valence-corrected chi connectivity index (χ2v) is 7.20. The first-order valence-corrected chi connectivity index (χ1v) is 9.36. The van der Waals surface area contributed by atoms with Gasteiger partial charge in [0.1, 0.15) is 0 Å². The zero-order valence-corrected chi connectivity index (χ0v) is 15.5. The number of aromatic nitrogens is 2. The lowest BCUT2D eigenvalue weighted by Crippen LogP contribution is -2.09. The summed E-state index contributed by atoms with van der Waals surface area (Å²) in [5.41, 5.74) is 3.22. The van der Waals surface area contributed by atoms with Crippen LogP contribution in [-0.2, 0) is 5.75 Å². The molecular weight excluding hydrogens is 342 g/mol. The van der Waals surface area contributed by atoms with Crippen molar-refractivity contribution in [2.24, 2.45) is 0 Å². The van der Waals surface area contributed by atoms with Gasteiger partial charge in [-0.05, 0) is 22.6 Å². The Kier molecular flexibility index (Phi) is 5.55. The predicted octanol–water partition coefficient (Wildman–Crippen LogP) is 5.40. The van der Waals surface area contributed by atoms with Crippen LogP contribution in [0, 0.1) is 6.57 Å². The van der Waals surface area contributed by atoms with Crippen molar-refractivity contribution < 1.29 is 0 Å². The lowest BCUT2D eigenvalue weighted by Gasteiger charge is -2.09. The highest BCUT2D eigenvalue weighted by Gasteiger charge is 2.14. The van der Waals surface area contributed by atoms with Crippen LogP contribution in [0.3, 0.4) is 0 Å². The average Bonchev–Trinajstić information content (AvgIpc) is 2.67. The maximum atomic E-state index is 12.3. The maximum Gasteiger partial charge on any atom is 0.276 e. The molecule has 0 spiro atoms. The molecule has 4 nitrogen and oxygen atoms in total. The molecule has 1 N–H and O–H groups in total. The highest BCUT2D eigenvalue weighted by molar-refractivity contribution is 7.98. The number of H-pyrrole nitrogens is 1. The number of aromatic amines is 1. The second-order valence-electron chi connectivity index (χ2n) is 6.23. The maximum absolute atomic E-state index is 12.3. The van der Waals surface area contributed by atoms with E-state index in [4.69, 9.17) is 6.57 Å². The Morgan fingerprint density at radius 2 is 1.81 bits per heavy atom. The molecule has 0 aliphatic carbocycles. The minimum atomic E-state index is -0.395. The molecule has 0 aliphatic rings. The molecule has 0 bridgehead atoms. The van der Waals surface area contributed by atoms with Gasteiger partial charge in [-0.2, -0.15) is 0 Å². The normalized spacial score (nSPS) is 10.7. The molecule has 0 amide bonds. The van der Waals surface area contributed by atoms with Gasteiger partial charge in [0.25, 0.3) is 11.2 Å². The third kappa shape index (κ3) is 4.04. The molecule has 0 aliphatic heterocycles. The Morgan fingerprint density at radius 3 is 2.42 bits per heavy atom. The minimum Gasteiger partial charge on any atom is -0.311 e. The highest BCUT2D eigenvalue weighted by atomic mass is 32.2. The standard InChI is InChI=1S/C21H19N3OS/c1-14(2)16-9-11-17(12-10-16)18-19(22-3)20(25)24-21(23-18)26-13-15-7-5-4-6-8-15/h4-12,14H,13H2,1-2H3,(H,23,24,25). The van der Waals surface area contributed by atoms with Gasteiger partial charge in [0.15, 0.2) is 5.16 Å². The van der Waals surface area contributed by atoms with Crippen LogP contribution in [0.4, 0.5) is 5.69 Å². The summed E-state index contributed by atoms with van der Waals surface area (Å²) in [6.45, 7) is 11.6. The number of hydrogen-bond donors (Lipinski definition) is 1. The molecular formula is C21H19N3OS. The Bertz CT molecular complexity index is 987. The van der Waals surface area contributed by atoms with Gasteiger partial charge in [-0.3, -0.25) is 4.79 Å². The van der Waals surface area contributed by atoms with E-state index in [1.807, 2.05) is 54.6 Å². The van der Waals surface area contributed by atoms with Gasteiger partial charge in [-0.1, -0.05) is 80.2 Å². The van der Waals surface area contributed by atoms with Crippen molar-refractivity contribution >= 4 is 17.4 Å². The summed E-state index contributed by atoms with van der Waals surface area (Å²) in [6.07, 6.45) is 0. The smallest absolute Gasteiger partial charge is 0.276 e. The number of nitrogens with one attached hydrogen (secondary N) is 1. The number of benzene rings is 2. The van der Waals surface area contributed by atoms with E-state index in [-0.39, 0.29) is 5.69 Å². The summed E-state index contributed by atoms with van der Waals surface area (Å²) in [5.74, 6) is 1.13. The molecule has 3 aromatic rings. The summed E-state index contributed by atoms with van der Waals surface area (Å²) in [6, 6.07) is 17.9. The predicted molar refractivity (Wildman–Crippen MR) is 107 cm³/mol. The topological polar surface area (TPSA) is 50.1 Å². The van der Waals surface area contributed by atoms with Crippen LogP contribution >= 0.6 is 11.8 Å². The first kappa shape index (κ1) is 18.0. The van der Waals surface area contributed by atoms with Crippen LogP contribution in [0.1, 0.15) is 30.9 Å². The van der Waals surface area contributed by atoms with Crippen LogP contribution in [0.25, 0.3) is 16.1 Å². The van der Waals surface area contributed by atoms with E-state index in [0.717, 1.165) is 11.1 Å². The van der Waals surface area contributed by atoms with Gasteiger partial charge in [-0.25, -0.2) is 9.83 Å². The molecule has 2 aromatic carbocycles. The van der Waals surface area contributed by atoms with Crippen molar-refractivity contribution in [1.29, 1.82) is 0 Å². The molecule has 0 fully saturated rings. The molecule has 0 unspecified atom stereocenters. The van der Waals surface area contributed by atoms with Crippen LogP contribution in [0.5, 0.6) is 0 Å². The van der Waals surface area contributed by atoms with Crippen molar-refractivity contribution in [2.45, 2.75) is 30.7 Å². The Hall–Kier alpha value is -2.84. The van der Waals surface area contributed by atoms with Gasteiger partial charge in [0.2, 0.25) is 0 Å². The highest BCUT2D eigenvalue weighted by Crippen LogP contribution is 2.29. The van der Waals surface area contributed by atoms with Crippen LogP contribution in [-0.4, -0.2) is 9.97 Å². The summed E-state index contributed by atoms with van der Waals surface area (Å²) in [5, 5.41) is 0.522. The third-order valence-corrected chi connectivity index (χ3v) is 5.00. The van der Waals surface area contributed by atoms with Gasteiger partial charge in [-0.15, -0.1) is 0 Å². The Balaban J connectivity index is 1.94. The molecule has 26 heavy (non-hydrogen) atoms. The summed E-state index contributed by atoms with van der Waals surface area (Å²) in [4.78, 5) is 23.0. The molecule has 0 saturated carbocycles. The minimum absolute atomic E-state index is 0.0337. The van der Waals surface area contributed by atoms with E-state index in [1.54, 1.807) is 0 Å². The first-order valence-electron chi connectivity index (χ1n) is 8.37. The van der Waals surface area contributed by atoms with Crippen molar-refractivity contribution in [1.82, 2.24) is 9.97 Å². The van der Waals surface area contributed by atoms with E-state index < -0.39 is 5.56 Å². The fraction of sp³-hybridized carbons (Fsp3) is 0.190. The Morgan fingerprint density at radius 1 is 1.12 bits per heavy atom. The van der Waals surface area contributed by atoms with Crippen LogP contribution in [0.2, 0.25) is 0 Å². The average molecular weight is 361 g/mol. The number of thioether (sulfide) groups is 1. The Labute approximate surface area is 157 Å². The van der Waals surface area contributed by atoms with Crippen molar-refractivity contribution in [3.8, 4) is 11.3 Å². The quantitative estimate of drug-likeness (QED) is 0.376. The fourth-order valence-corrected chi connectivity index (χ4v) is 3.39. The van der Waals surface area contributed by atoms with Crippen LogP contribution < -0.4 is 5.56 Å². The molecule has 1 aromatic heterocycles. The molecule has 0 radical (unpaired) electrons. The monoisotopic (exact) mass is 361 g/mol. The van der Waals surface area contributed by atoms with Gasteiger partial charge in [0, 0.05) is 5.75 Å². The van der Waals surface area contributed by atoms with Crippen molar-refractivity contribution in [3.63, 3.8) is 0 Å². The van der Waals surface area contributed by atoms with E-state index in [2.05, 4.69) is 28.7 Å². The zero-order valence-electron chi connectivity index (χ0n) is 14.7. The van der Waals surface area contributed by atoms with Gasteiger partial charge >= 0.3 is 0 Å². The van der Waals surface area contributed by atoms with E-state index in [0.29, 0.717) is 22.5 Å². The molecule has 0 atom stereocenters. The summed E-state index contributed by atoms with van der Waals surface area (Å²) in [7, 11) is 0. The fourth-order valence-electron chi connectivity index (χ4n) is 2.57. The van der Waals surface area contributed by atoms with Gasteiger partial charge < -0.3 is 4.98 Å². The SMILES string of the molecule is [C-]#[N+]c1c(-c2ccc(C(C)C)cc2)nc(SCc2ccccc2)[nH]c1=O. The van der Waals surface area contributed by atoms with Crippen molar-refractivity contribution in [2.75, 3.05) is 0 Å². The van der Waals surface area contributed by atoms with E-state index in [1.165, 1.54) is 17.3 Å². The lowest BCUT2D eigenvalue weighted by molar-refractivity contribution is 0.866. The van der Waals surface area contributed by atoms with E-state index in [9.17, 15) is 4.79 Å². The molecule has 1 heterocycles. The molecule has 0 saturated heterocycles. The van der Waals surface area contributed by atoms with Crippen LogP contribution in [0.15, 0.2) is 64.5 Å². The lowest BCUT2D eigenvalue weighted by atomic mass is 10.0. The molecule has 5 heteroatoms. The molecule has 130 valence electrons. The third-order valence-electron chi connectivity index (χ3n) is 4.05. The number of nitrogens with zero attached hydrogens (tertiary/aromatic N) is 2. The van der Waals surface area contributed by atoms with Gasteiger partial charge in [0.05, 0.1) is 12.3 Å². The summed E-state index contributed by atoms with van der Waals surface area (Å²) < 4.78 is 0. The summed E-state index contributed by atoms with van der Waals surface area (Å²) >= 11 is 1.45.